The average Bonchev–Trinajstić information content (AvgIpc) is 3.71. The minimum absolute atomic E-state index is 0.00496. The molecule has 42 heavy (non-hydrogen) atoms. The van der Waals surface area contributed by atoms with Gasteiger partial charge in [-0.3, -0.25) is 9.69 Å². The fourth-order valence-corrected chi connectivity index (χ4v) is 6.24. The van der Waals surface area contributed by atoms with Gasteiger partial charge in [0.2, 0.25) is 0 Å². The third-order valence-corrected chi connectivity index (χ3v) is 8.93. The zero-order chi connectivity index (χ0) is 29.6. The fourth-order valence-electron chi connectivity index (χ4n) is 5.33. The van der Waals surface area contributed by atoms with Gasteiger partial charge < -0.3 is 4.90 Å². The molecule has 1 aromatic carbocycles. The lowest BCUT2D eigenvalue weighted by Gasteiger charge is -2.34. The Hall–Kier alpha value is -4.03. The van der Waals surface area contributed by atoms with Gasteiger partial charge in [0.15, 0.2) is 17.0 Å². The molecule has 1 aliphatic heterocycles. The minimum Gasteiger partial charge on any atom is -0.335 e. The van der Waals surface area contributed by atoms with Gasteiger partial charge in [-0.15, -0.1) is 11.3 Å². The van der Waals surface area contributed by atoms with Crippen molar-refractivity contribution in [2.75, 3.05) is 26.2 Å². The highest BCUT2D eigenvalue weighted by atomic mass is 32.1. The van der Waals surface area contributed by atoms with Crippen LogP contribution in [0.3, 0.4) is 0 Å². The average molecular weight is 594 g/mol. The van der Waals surface area contributed by atoms with E-state index >= 15 is 0 Å². The van der Waals surface area contributed by atoms with Crippen molar-refractivity contribution in [1.82, 2.24) is 34.2 Å². The van der Waals surface area contributed by atoms with E-state index < -0.39 is 17.8 Å². The molecular formula is C30H30F3N7OS. The first-order valence-corrected chi connectivity index (χ1v) is 14.6. The number of para-hydroxylation sites is 1. The number of alkyl halides is 3. The maximum Gasteiger partial charge on any atom is 0.433 e. The number of rotatable bonds is 6. The maximum atomic E-state index is 14.0. The zero-order valence-electron chi connectivity index (χ0n) is 23.5. The molecule has 1 fully saturated rings. The van der Waals surface area contributed by atoms with Gasteiger partial charge in [-0.05, 0) is 50.6 Å². The van der Waals surface area contributed by atoms with Crippen LogP contribution in [-0.2, 0) is 19.1 Å². The predicted octanol–water partition coefficient (Wildman–Crippen LogP) is 5.80. The quantitative estimate of drug-likeness (QED) is 0.249. The van der Waals surface area contributed by atoms with E-state index in [0.29, 0.717) is 37.6 Å². The fraction of sp³-hybridized carbons (Fsp3) is 0.333. The van der Waals surface area contributed by atoms with Crippen LogP contribution >= 0.6 is 11.3 Å². The first-order chi connectivity index (χ1) is 20.1. The maximum absolute atomic E-state index is 14.0. The number of halogens is 3. The largest absolute Gasteiger partial charge is 0.433 e. The van der Waals surface area contributed by atoms with Crippen LogP contribution in [0.15, 0.2) is 54.6 Å². The summed E-state index contributed by atoms with van der Waals surface area (Å²) in [5.74, 6) is -0.400. The monoisotopic (exact) mass is 593 g/mol. The van der Waals surface area contributed by atoms with Gasteiger partial charge in [0.1, 0.15) is 0 Å². The van der Waals surface area contributed by atoms with Crippen LogP contribution < -0.4 is 0 Å². The summed E-state index contributed by atoms with van der Waals surface area (Å²) >= 11 is 1.41. The lowest BCUT2D eigenvalue weighted by atomic mass is 10.1. The van der Waals surface area contributed by atoms with Gasteiger partial charge >= 0.3 is 6.18 Å². The van der Waals surface area contributed by atoms with Crippen molar-refractivity contribution in [3.8, 4) is 16.3 Å². The molecule has 0 bridgehead atoms. The van der Waals surface area contributed by atoms with Gasteiger partial charge in [0.25, 0.3) is 5.91 Å². The molecule has 0 N–H and O–H groups in total. The van der Waals surface area contributed by atoms with Gasteiger partial charge in [-0.1, -0.05) is 25.1 Å². The SMILES string of the molecule is CCc1ccc(-c2cc(C(F)(F)F)n3nc(C(=O)N4CCN(Cc5c(C)nn(-c6ccccc6)c5C)CC4)cc3n2)s1. The molecule has 0 aliphatic carbocycles. The molecule has 0 radical (unpaired) electrons. The summed E-state index contributed by atoms with van der Waals surface area (Å²) in [6, 6.07) is 16.0. The lowest BCUT2D eigenvalue weighted by Crippen LogP contribution is -2.48. The second-order valence-corrected chi connectivity index (χ2v) is 11.6. The third-order valence-electron chi connectivity index (χ3n) is 7.68. The summed E-state index contributed by atoms with van der Waals surface area (Å²) in [5, 5.41) is 8.81. The van der Waals surface area contributed by atoms with Crippen molar-refractivity contribution in [1.29, 1.82) is 0 Å². The van der Waals surface area contributed by atoms with Crippen molar-refractivity contribution in [3.05, 3.63) is 87.8 Å². The molecule has 0 unspecified atom stereocenters. The van der Waals surface area contributed by atoms with Gasteiger partial charge in [0, 0.05) is 54.9 Å². The van der Waals surface area contributed by atoms with Gasteiger partial charge in [-0.2, -0.15) is 23.4 Å². The van der Waals surface area contributed by atoms with E-state index in [2.05, 4.69) is 21.9 Å². The van der Waals surface area contributed by atoms with Crippen LogP contribution in [0.2, 0.25) is 0 Å². The van der Waals surface area contributed by atoms with E-state index in [1.165, 1.54) is 17.4 Å². The van der Waals surface area contributed by atoms with E-state index in [0.717, 1.165) is 44.5 Å². The summed E-state index contributed by atoms with van der Waals surface area (Å²) in [7, 11) is 0. The number of amides is 1. The molecule has 1 saturated heterocycles. The number of carbonyl (C=O) groups is 1. The number of hydrogen-bond donors (Lipinski definition) is 0. The molecule has 0 saturated carbocycles. The number of aryl methyl sites for hydroxylation is 2. The smallest absolute Gasteiger partial charge is 0.335 e. The van der Waals surface area contributed by atoms with Crippen LogP contribution in [0.5, 0.6) is 0 Å². The van der Waals surface area contributed by atoms with Crippen LogP contribution in [-0.4, -0.2) is 66.3 Å². The minimum atomic E-state index is -4.66. The Morgan fingerprint density at radius 2 is 1.71 bits per heavy atom. The predicted molar refractivity (Wildman–Crippen MR) is 155 cm³/mol. The molecule has 1 amide bonds. The summed E-state index contributed by atoms with van der Waals surface area (Å²) in [6.45, 7) is 8.89. The van der Waals surface area contributed by atoms with E-state index in [9.17, 15) is 18.0 Å². The molecule has 1 aliphatic rings. The Balaban J connectivity index is 1.19. The Morgan fingerprint density at radius 3 is 2.38 bits per heavy atom. The summed E-state index contributed by atoms with van der Waals surface area (Å²) in [5.41, 5.74) is 3.39. The molecule has 5 heterocycles. The first-order valence-electron chi connectivity index (χ1n) is 13.8. The van der Waals surface area contributed by atoms with Gasteiger partial charge in [0.05, 0.1) is 22.0 Å². The van der Waals surface area contributed by atoms with Crippen molar-refractivity contribution in [2.45, 2.75) is 39.9 Å². The first kappa shape index (κ1) is 28.1. The summed E-state index contributed by atoms with van der Waals surface area (Å²) in [4.78, 5) is 23.4. The lowest BCUT2D eigenvalue weighted by molar-refractivity contribution is -0.142. The third kappa shape index (κ3) is 5.32. The Bertz CT molecular complexity index is 1750. The van der Waals surface area contributed by atoms with Crippen LogP contribution in [0.1, 0.15) is 44.9 Å². The highest BCUT2D eigenvalue weighted by Gasteiger charge is 2.36. The Morgan fingerprint density at radius 1 is 0.976 bits per heavy atom. The Kier molecular flexibility index (Phi) is 7.36. The number of carbonyl (C=O) groups excluding carboxylic acids is 1. The van der Waals surface area contributed by atoms with Crippen LogP contribution in [0.4, 0.5) is 13.2 Å². The van der Waals surface area contributed by atoms with E-state index in [1.807, 2.05) is 54.9 Å². The van der Waals surface area contributed by atoms with E-state index in [4.69, 9.17) is 5.10 Å². The number of aromatic nitrogens is 5. The summed E-state index contributed by atoms with van der Waals surface area (Å²) < 4.78 is 44.8. The standard InChI is InChI=1S/C30H30F3N7OS/c1-4-22-10-11-26(42-22)24-16-27(30(31,32)33)40-28(34-24)17-25(36-40)29(41)38-14-12-37(13-15-38)18-23-19(2)35-39(20(23)3)21-8-6-5-7-9-21/h5-11,16-17H,4,12-15,18H2,1-3H3. The van der Waals surface area contributed by atoms with Gasteiger partial charge in [-0.25, -0.2) is 14.2 Å². The van der Waals surface area contributed by atoms with Crippen molar-refractivity contribution >= 4 is 22.9 Å². The second kappa shape index (κ2) is 11.0. The van der Waals surface area contributed by atoms with E-state index in [1.54, 1.807) is 11.0 Å². The van der Waals surface area contributed by atoms with Crippen molar-refractivity contribution < 1.29 is 18.0 Å². The molecule has 6 rings (SSSR count). The molecule has 12 heteroatoms. The van der Waals surface area contributed by atoms with Crippen molar-refractivity contribution in [3.63, 3.8) is 0 Å². The molecule has 218 valence electrons. The Labute approximate surface area is 245 Å². The molecular weight excluding hydrogens is 563 g/mol. The normalized spacial score (nSPS) is 14.7. The summed E-state index contributed by atoms with van der Waals surface area (Å²) in [6.07, 6.45) is -3.88. The number of fused-ring (bicyclic) bond motifs is 1. The highest BCUT2D eigenvalue weighted by molar-refractivity contribution is 7.15. The number of benzene rings is 1. The number of piperazine rings is 1. The molecule has 4 aromatic heterocycles. The number of hydrogen-bond acceptors (Lipinski definition) is 6. The highest BCUT2D eigenvalue weighted by Crippen LogP contribution is 2.34. The second-order valence-electron chi connectivity index (χ2n) is 10.4. The zero-order valence-corrected chi connectivity index (χ0v) is 24.3. The van der Waals surface area contributed by atoms with Crippen LogP contribution in [0.25, 0.3) is 21.9 Å². The molecule has 8 nitrogen and oxygen atoms in total. The molecule has 0 spiro atoms. The topological polar surface area (TPSA) is 71.6 Å². The number of thiophene rings is 1. The van der Waals surface area contributed by atoms with Crippen molar-refractivity contribution in [2.24, 2.45) is 0 Å². The molecule has 0 atom stereocenters. The van der Waals surface area contributed by atoms with Crippen LogP contribution in [0, 0.1) is 13.8 Å². The van der Waals surface area contributed by atoms with E-state index in [-0.39, 0.29) is 17.0 Å². The molecule has 5 aromatic rings. The number of nitrogens with zero attached hydrogens (tertiary/aromatic N) is 7.